The SMILES string of the molecule is CC(=O)CC(=O)Nc1ccc(C=NNC(N)=S)cc1. The summed E-state index contributed by atoms with van der Waals surface area (Å²) < 4.78 is 0. The number of hydrogen-bond donors (Lipinski definition) is 3. The van der Waals surface area contributed by atoms with Crippen molar-refractivity contribution in [1.82, 2.24) is 5.43 Å². The fourth-order valence-corrected chi connectivity index (χ4v) is 1.31. The average Bonchev–Trinajstić information content (AvgIpc) is 2.29. The summed E-state index contributed by atoms with van der Waals surface area (Å²) >= 11 is 4.59. The first-order chi connectivity index (χ1) is 8.97. The highest BCUT2D eigenvalue weighted by atomic mass is 32.1. The quantitative estimate of drug-likeness (QED) is 0.320. The molecule has 0 aliphatic heterocycles. The Bertz CT molecular complexity index is 511. The summed E-state index contributed by atoms with van der Waals surface area (Å²) in [5, 5.41) is 6.50. The van der Waals surface area contributed by atoms with Crippen LogP contribution in [0.1, 0.15) is 18.9 Å². The van der Waals surface area contributed by atoms with Gasteiger partial charge in [0.05, 0.1) is 12.6 Å². The van der Waals surface area contributed by atoms with Crippen molar-refractivity contribution in [1.29, 1.82) is 0 Å². The van der Waals surface area contributed by atoms with Crippen molar-refractivity contribution in [2.24, 2.45) is 10.8 Å². The highest BCUT2D eigenvalue weighted by Crippen LogP contribution is 2.08. The van der Waals surface area contributed by atoms with Crippen LogP contribution in [-0.2, 0) is 9.59 Å². The fraction of sp³-hybridized carbons (Fsp3) is 0.167. The molecule has 0 heterocycles. The van der Waals surface area contributed by atoms with E-state index in [0.29, 0.717) is 5.69 Å². The van der Waals surface area contributed by atoms with Crippen LogP contribution in [-0.4, -0.2) is 23.0 Å². The monoisotopic (exact) mass is 278 g/mol. The van der Waals surface area contributed by atoms with Gasteiger partial charge in [-0.15, -0.1) is 0 Å². The molecule has 6 nitrogen and oxygen atoms in total. The van der Waals surface area contributed by atoms with Gasteiger partial charge in [0, 0.05) is 5.69 Å². The Balaban J connectivity index is 2.56. The molecule has 0 aliphatic carbocycles. The number of carbonyl (C=O) groups excluding carboxylic acids is 2. The van der Waals surface area contributed by atoms with Crippen molar-refractivity contribution < 1.29 is 9.59 Å². The average molecular weight is 278 g/mol. The predicted molar refractivity (Wildman–Crippen MR) is 77.9 cm³/mol. The van der Waals surface area contributed by atoms with Crippen LogP contribution in [0.5, 0.6) is 0 Å². The molecule has 0 saturated carbocycles. The van der Waals surface area contributed by atoms with Gasteiger partial charge in [-0.1, -0.05) is 12.1 Å². The number of anilines is 1. The Labute approximate surface area is 116 Å². The van der Waals surface area contributed by atoms with E-state index in [9.17, 15) is 9.59 Å². The van der Waals surface area contributed by atoms with Crippen LogP contribution in [0.3, 0.4) is 0 Å². The molecule has 1 amide bonds. The molecule has 0 radical (unpaired) electrons. The molecule has 0 aliphatic rings. The Kier molecular flexibility index (Phi) is 5.62. The summed E-state index contributed by atoms with van der Waals surface area (Å²) in [5.74, 6) is -0.505. The number of carbonyl (C=O) groups is 2. The number of benzene rings is 1. The lowest BCUT2D eigenvalue weighted by Crippen LogP contribution is -2.23. The first-order valence-corrected chi connectivity index (χ1v) is 5.86. The van der Waals surface area contributed by atoms with Crippen LogP contribution in [0, 0.1) is 0 Å². The zero-order valence-electron chi connectivity index (χ0n) is 10.3. The molecule has 0 bridgehead atoms. The number of Topliss-reactive ketones (excluding diaryl/α,β-unsaturated/α-hetero) is 1. The third-order valence-electron chi connectivity index (χ3n) is 1.99. The molecule has 1 aromatic carbocycles. The third kappa shape index (κ3) is 6.27. The van der Waals surface area contributed by atoms with Gasteiger partial charge in [-0.05, 0) is 36.8 Å². The van der Waals surface area contributed by atoms with E-state index in [0.717, 1.165) is 5.56 Å². The van der Waals surface area contributed by atoms with Gasteiger partial charge in [-0.2, -0.15) is 5.10 Å². The molecule has 19 heavy (non-hydrogen) atoms. The summed E-state index contributed by atoms with van der Waals surface area (Å²) in [6.07, 6.45) is 1.42. The predicted octanol–water partition coefficient (Wildman–Crippen LogP) is 0.771. The van der Waals surface area contributed by atoms with Crippen molar-refractivity contribution in [3.63, 3.8) is 0 Å². The van der Waals surface area contributed by atoms with E-state index in [4.69, 9.17) is 5.73 Å². The number of nitrogens with zero attached hydrogens (tertiary/aromatic N) is 1. The summed E-state index contributed by atoms with van der Waals surface area (Å²) in [7, 11) is 0. The zero-order valence-corrected chi connectivity index (χ0v) is 11.2. The topological polar surface area (TPSA) is 96.6 Å². The lowest BCUT2D eigenvalue weighted by Gasteiger charge is -2.03. The first-order valence-electron chi connectivity index (χ1n) is 5.45. The number of hydrazone groups is 1. The highest BCUT2D eigenvalue weighted by Gasteiger charge is 2.04. The minimum Gasteiger partial charge on any atom is -0.375 e. The van der Waals surface area contributed by atoms with Crippen LogP contribution in [0.2, 0.25) is 0 Å². The Morgan fingerprint density at radius 3 is 2.53 bits per heavy atom. The molecular weight excluding hydrogens is 264 g/mol. The van der Waals surface area contributed by atoms with Crippen LogP contribution in [0.25, 0.3) is 0 Å². The Morgan fingerprint density at radius 1 is 1.37 bits per heavy atom. The number of thiocarbonyl (C=S) groups is 1. The Morgan fingerprint density at radius 2 is 2.00 bits per heavy atom. The number of ketones is 1. The normalized spacial score (nSPS) is 10.2. The number of nitrogens with one attached hydrogen (secondary N) is 2. The smallest absolute Gasteiger partial charge is 0.231 e. The van der Waals surface area contributed by atoms with Crippen molar-refractivity contribution in [2.75, 3.05) is 5.32 Å². The van der Waals surface area contributed by atoms with Gasteiger partial charge in [0.25, 0.3) is 0 Å². The van der Waals surface area contributed by atoms with Gasteiger partial charge < -0.3 is 11.1 Å². The van der Waals surface area contributed by atoms with Gasteiger partial charge in [0.2, 0.25) is 5.91 Å². The lowest BCUT2D eigenvalue weighted by atomic mass is 10.2. The van der Waals surface area contributed by atoms with Crippen LogP contribution < -0.4 is 16.5 Å². The maximum atomic E-state index is 11.4. The standard InChI is InChI=1S/C12H14N4O2S/c1-8(17)6-11(18)15-10-4-2-9(3-5-10)7-14-16-12(13)19/h2-5,7H,6H2,1H3,(H,15,18)(H3,13,16,19). The largest absolute Gasteiger partial charge is 0.375 e. The van der Waals surface area contributed by atoms with E-state index in [-0.39, 0.29) is 23.2 Å². The van der Waals surface area contributed by atoms with E-state index in [1.807, 2.05) is 0 Å². The van der Waals surface area contributed by atoms with Crippen molar-refractivity contribution >= 4 is 40.9 Å². The zero-order chi connectivity index (χ0) is 14.3. The number of nitrogens with two attached hydrogens (primary N) is 1. The maximum Gasteiger partial charge on any atom is 0.231 e. The third-order valence-corrected chi connectivity index (χ3v) is 2.08. The van der Waals surface area contributed by atoms with Gasteiger partial charge >= 0.3 is 0 Å². The fourth-order valence-electron chi connectivity index (χ4n) is 1.25. The molecule has 0 fully saturated rings. The molecule has 4 N–H and O–H groups in total. The van der Waals surface area contributed by atoms with Crippen LogP contribution in [0.15, 0.2) is 29.4 Å². The highest BCUT2D eigenvalue weighted by molar-refractivity contribution is 7.80. The number of rotatable bonds is 5. The summed E-state index contributed by atoms with van der Waals surface area (Å²) in [4.78, 5) is 22.1. The lowest BCUT2D eigenvalue weighted by molar-refractivity contribution is -0.124. The molecule has 0 unspecified atom stereocenters. The van der Waals surface area contributed by atoms with E-state index >= 15 is 0 Å². The van der Waals surface area contributed by atoms with Gasteiger partial charge in [-0.25, -0.2) is 0 Å². The Hall–Kier alpha value is -2.28. The van der Waals surface area contributed by atoms with Gasteiger partial charge in [0.1, 0.15) is 5.78 Å². The van der Waals surface area contributed by atoms with E-state index in [1.54, 1.807) is 30.5 Å². The molecule has 0 aromatic heterocycles. The summed E-state index contributed by atoms with van der Waals surface area (Å²) in [5.41, 5.74) is 9.07. The maximum absolute atomic E-state index is 11.4. The van der Waals surface area contributed by atoms with Crippen LogP contribution in [0.4, 0.5) is 5.69 Å². The van der Waals surface area contributed by atoms with E-state index in [1.165, 1.54) is 6.92 Å². The first kappa shape index (κ1) is 14.8. The van der Waals surface area contributed by atoms with Crippen molar-refractivity contribution in [2.45, 2.75) is 13.3 Å². The second-order valence-corrected chi connectivity index (χ2v) is 4.22. The summed E-state index contributed by atoms with van der Waals surface area (Å²) in [6, 6.07) is 6.93. The minimum atomic E-state index is -0.330. The molecule has 7 heteroatoms. The number of hydrogen-bond acceptors (Lipinski definition) is 4. The minimum absolute atomic E-state index is 0.0874. The van der Waals surface area contributed by atoms with E-state index < -0.39 is 0 Å². The van der Waals surface area contributed by atoms with Gasteiger partial charge in [-0.3, -0.25) is 15.0 Å². The molecular formula is C12H14N4O2S. The molecule has 100 valence electrons. The van der Waals surface area contributed by atoms with Crippen molar-refractivity contribution in [3.8, 4) is 0 Å². The number of amides is 1. The van der Waals surface area contributed by atoms with Crippen LogP contribution >= 0.6 is 12.2 Å². The van der Waals surface area contributed by atoms with E-state index in [2.05, 4.69) is 28.1 Å². The molecule has 0 atom stereocenters. The summed E-state index contributed by atoms with van der Waals surface area (Å²) in [6.45, 7) is 1.37. The van der Waals surface area contributed by atoms with Crippen molar-refractivity contribution in [3.05, 3.63) is 29.8 Å². The molecule has 0 saturated heterocycles. The van der Waals surface area contributed by atoms with Gasteiger partial charge in [0.15, 0.2) is 5.11 Å². The molecule has 1 aromatic rings. The second-order valence-electron chi connectivity index (χ2n) is 3.78. The molecule has 0 spiro atoms. The second kappa shape index (κ2) is 7.22. The molecule has 1 rings (SSSR count).